The predicted molar refractivity (Wildman–Crippen MR) is 73.9 cm³/mol. The number of nitrogens with zero attached hydrogens (tertiary/aromatic N) is 1. The standard InChI is InChI=1S/C11H27NO2SSi/c1-6-12(7-2)15(13,14)11-16(8-3,9-4)10-5/h6-11H2,1-5H3. The second-order valence-electron chi connectivity index (χ2n) is 4.40. The number of hydrogen-bond acceptors (Lipinski definition) is 2. The van der Waals surface area contributed by atoms with E-state index in [2.05, 4.69) is 20.8 Å². The molecule has 0 aromatic rings. The van der Waals surface area contributed by atoms with Crippen molar-refractivity contribution in [2.24, 2.45) is 0 Å². The zero-order valence-corrected chi connectivity index (χ0v) is 13.2. The van der Waals surface area contributed by atoms with E-state index in [9.17, 15) is 8.42 Å². The summed E-state index contributed by atoms with van der Waals surface area (Å²) < 4.78 is 26.1. The molecule has 0 saturated heterocycles. The fourth-order valence-corrected chi connectivity index (χ4v) is 10.7. The van der Waals surface area contributed by atoms with E-state index in [4.69, 9.17) is 0 Å². The summed E-state index contributed by atoms with van der Waals surface area (Å²) in [6.07, 6.45) is 0. The van der Waals surface area contributed by atoms with Crippen molar-refractivity contribution in [2.75, 3.05) is 18.5 Å². The van der Waals surface area contributed by atoms with Crippen LogP contribution in [-0.4, -0.2) is 39.3 Å². The van der Waals surface area contributed by atoms with Gasteiger partial charge in [-0.1, -0.05) is 52.8 Å². The predicted octanol–water partition coefficient (Wildman–Crippen LogP) is 2.71. The second kappa shape index (κ2) is 6.76. The summed E-state index contributed by atoms with van der Waals surface area (Å²) in [6.45, 7) is 11.5. The zero-order chi connectivity index (χ0) is 12.8. The molecule has 0 amide bonds. The molecule has 16 heavy (non-hydrogen) atoms. The minimum Gasteiger partial charge on any atom is -0.213 e. The molecule has 0 aliphatic carbocycles. The van der Waals surface area contributed by atoms with Crippen molar-refractivity contribution in [3.63, 3.8) is 0 Å². The van der Waals surface area contributed by atoms with Gasteiger partial charge in [-0.2, -0.15) is 0 Å². The summed E-state index contributed by atoms with van der Waals surface area (Å²) in [7, 11) is -4.60. The lowest BCUT2D eigenvalue weighted by Gasteiger charge is -2.30. The van der Waals surface area contributed by atoms with Crippen LogP contribution < -0.4 is 0 Å². The zero-order valence-electron chi connectivity index (χ0n) is 11.4. The van der Waals surface area contributed by atoms with Crippen LogP contribution in [-0.2, 0) is 10.0 Å². The molecule has 0 bridgehead atoms. The first-order valence-electron chi connectivity index (χ1n) is 6.39. The van der Waals surface area contributed by atoms with Crippen molar-refractivity contribution < 1.29 is 8.42 Å². The van der Waals surface area contributed by atoms with E-state index in [1.54, 1.807) is 4.31 Å². The van der Waals surface area contributed by atoms with E-state index in [1.165, 1.54) is 0 Å². The minimum atomic E-state index is -3.02. The van der Waals surface area contributed by atoms with E-state index < -0.39 is 18.1 Å². The first-order chi connectivity index (χ1) is 7.41. The Morgan fingerprint density at radius 1 is 0.875 bits per heavy atom. The molecule has 0 spiro atoms. The van der Waals surface area contributed by atoms with Crippen LogP contribution in [0.25, 0.3) is 0 Å². The van der Waals surface area contributed by atoms with Gasteiger partial charge in [0.1, 0.15) is 0 Å². The number of hydrogen-bond donors (Lipinski definition) is 0. The molecule has 0 fully saturated rings. The first-order valence-corrected chi connectivity index (χ1v) is 10.8. The van der Waals surface area contributed by atoms with Gasteiger partial charge in [0, 0.05) is 13.1 Å². The van der Waals surface area contributed by atoms with Gasteiger partial charge in [-0.05, 0) is 0 Å². The van der Waals surface area contributed by atoms with Crippen LogP contribution in [0.1, 0.15) is 34.6 Å². The molecule has 0 saturated carbocycles. The number of rotatable bonds is 8. The van der Waals surface area contributed by atoms with Crippen LogP contribution in [0.15, 0.2) is 0 Å². The van der Waals surface area contributed by atoms with Crippen LogP contribution in [0, 0.1) is 0 Å². The van der Waals surface area contributed by atoms with E-state index in [0.29, 0.717) is 18.5 Å². The van der Waals surface area contributed by atoms with Crippen molar-refractivity contribution in [3.05, 3.63) is 0 Å². The van der Waals surface area contributed by atoms with Crippen molar-refractivity contribution >= 4 is 18.1 Å². The summed E-state index contributed by atoms with van der Waals surface area (Å²) in [5, 5.41) is 0.436. The average molecular weight is 265 g/mol. The molecular weight excluding hydrogens is 238 g/mol. The molecule has 98 valence electrons. The maximum atomic E-state index is 12.2. The smallest absolute Gasteiger partial charge is 0.211 e. The Labute approximate surface area is 102 Å². The van der Waals surface area contributed by atoms with E-state index in [1.807, 2.05) is 13.8 Å². The Morgan fingerprint density at radius 2 is 1.25 bits per heavy atom. The largest absolute Gasteiger partial charge is 0.213 e. The summed E-state index contributed by atoms with van der Waals surface area (Å²) in [6, 6.07) is 3.21. The molecule has 0 rings (SSSR count). The van der Waals surface area contributed by atoms with Gasteiger partial charge in [0.25, 0.3) is 0 Å². The topological polar surface area (TPSA) is 37.4 Å². The van der Waals surface area contributed by atoms with Crippen molar-refractivity contribution in [1.82, 2.24) is 4.31 Å². The van der Waals surface area contributed by atoms with Gasteiger partial charge in [-0.25, -0.2) is 12.7 Å². The molecule has 0 atom stereocenters. The number of sulfonamides is 1. The normalized spacial score (nSPS) is 13.4. The van der Waals surface area contributed by atoms with Crippen LogP contribution in [0.5, 0.6) is 0 Å². The van der Waals surface area contributed by atoms with Gasteiger partial charge in [-0.15, -0.1) is 0 Å². The molecule has 0 aromatic heterocycles. The monoisotopic (exact) mass is 265 g/mol. The molecule has 0 heterocycles. The molecule has 0 aliphatic heterocycles. The highest BCUT2D eigenvalue weighted by molar-refractivity contribution is 7.90. The maximum absolute atomic E-state index is 12.2. The fraction of sp³-hybridized carbons (Fsp3) is 1.00. The van der Waals surface area contributed by atoms with Gasteiger partial charge >= 0.3 is 0 Å². The van der Waals surface area contributed by atoms with Gasteiger partial charge in [0.05, 0.1) is 13.5 Å². The highest BCUT2D eigenvalue weighted by atomic mass is 32.2. The van der Waals surface area contributed by atoms with Crippen molar-refractivity contribution in [2.45, 2.75) is 52.8 Å². The van der Waals surface area contributed by atoms with Crippen molar-refractivity contribution in [3.8, 4) is 0 Å². The summed E-state index contributed by atoms with van der Waals surface area (Å²) in [5.74, 6) is 0. The Morgan fingerprint density at radius 3 is 1.50 bits per heavy atom. The van der Waals surface area contributed by atoms with Crippen LogP contribution in [0.4, 0.5) is 0 Å². The minimum absolute atomic E-state index is 0.436. The van der Waals surface area contributed by atoms with E-state index in [0.717, 1.165) is 18.1 Å². The molecule has 0 aromatic carbocycles. The summed E-state index contributed by atoms with van der Waals surface area (Å²) >= 11 is 0. The van der Waals surface area contributed by atoms with Gasteiger partial charge in [0.15, 0.2) is 0 Å². The fourth-order valence-electron chi connectivity index (χ4n) is 2.15. The quantitative estimate of drug-likeness (QED) is 0.633. The van der Waals surface area contributed by atoms with E-state index >= 15 is 0 Å². The van der Waals surface area contributed by atoms with Crippen molar-refractivity contribution in [1.29, 1.82) is 0 Å². The molecule has 0 aliphatic rings. The summed E-state index contributed by atoms with van der Waals surface area (Å²) in [4.78, 5) is 0. The Balaban J connectivity index is 4.92. The Hall–Kier alpha value is 0.127. The summed E-state index contributed by atoms with van der Waals surface area (Å²) in [5.41, 5.74) is 0. The van der Waals surface area contributed by atoms with Crippen LogP contribution >= 0.6 is 0 Å². The van der Waals surface area contributed by atoms with Gasteiger partial charge in [-0.3, -0.25) is 0 Å². The third-order valence-electron chi connectivity index (χ3n) is 3.84. The van der Waals surface area contributed by atoms with Crippen LogP contribution in [0.3, 0.4) is 0 Å². The highest BCUT2D eigenvalue weighted by Crippen LogP contribution is 2.23. The lowest BCUT2D eigenvalue weighted by Crippen LogP contribution is -2.46. The molecule has 0 unspecified atom stereocenters. The molecule has 3 nitrogen and oxygen atoms in total. The second-order valence-corrected chi connectivity index (χ2v) is 12.4. The van der Waals surface area contributed by atoms with Gasteiger partial charge < -0.3 is 0 Å². The Bertz CT molecular complexity index is 274. The lowest BCUT2D eigenvalue weighted by atomic mass is 10.7. The highest BCUT2D eigenvalue weighted by Gasteiger charge is 2.34. The SMILES string of the molecule is CCN(CC)S(=O)(=O)C[Si](CC)(CC)CC. The third kappa shape index (κ3) is 3.86. The third-order valence-corrected chi connectivity index (χ3v) is 13.5. The average Bonchev–Trinajstić information content (AvgIpc) is 2.27. The van der Waals surface area contributed by atoms with Gasteiger partial charge in [0.2, 0.25) is 10.0 Å². The maximum Gasteiger partial charge on any atom is 0.211 e. The first kappa shape index (κ1) is 16.1. The molecule has 5 heteroatoms. The molecule has 0 N–H and O–H groups in total. The van der Waals surface area contributed by atoms with E-state index in [-0.39, 0.29) is 0 Å². The molecular formula is C11H27NO2SSi. The van der Waals surface area contributed by atoms with Crippen LogP contribution in [0.2, 0.25) is 18.1 Å². The molecule has 0 radical (unpaired) electrons. The Kier molecular flexibility index (Phi) is 6.82. The lowest BCUT2D eigenvalue weighted by molar-refractivity contribution is 0.448.